The first-order valence-electron chi connectivity index (χ1n) is 11.3. The fourth-order valence-corrected chi connectivity index (χ4v) is 6.15. The second-order valence-electron chi connectivity index (χ2n) is 8.94. The number of hydrogen-bond acceptors (Lipinski definition) is 3. The predicted octanol–water partition coefficient (Wildman–Crippen LogP) is 5.97. The molecule has 0 aliphatic heterocycles. The summed E-state index contributed by atoms with van der Waals surface area (Å²) >= 11 is 0. The van der Waals surface area contributed by atoms with Gasteiger partial charge in [0.05, 0.1) is 18.3 Å². The van der Waals surface area contributed by atoms with Crippen molar-refractivity contribution in [3.05, 3.63) is 28.8 Å². The molecule has 1 N–H and O–H groups in total. The molecule has 6 heteroatoms. The van der Waals surface area contributed by atoms with Crippen molar-refractivity contribution in [2.75, 3.05) is 20.3 Å². The molecule has 2 fully saturated rings. The number of alkyl halides is 3. The van der Waals surface area contributed by atoms with E-state index in [-0.39, 0.29) is 36.4 Å². The molecular weight excluding hydrogens is 393 g/mol. The highest BCUT2D eigenvalue weighted by Crippen LogP contribution is 2.61. The molecule has 5 unspecified atom stereocenters. The van der Waals surface area contributed by atoms with Crippen molar-refractivity contribution < 1.29 is 27.8 Å². The molecule has 3 nitrogen and oxygen atoms in total. The number of methoxy groups -OCH3 is 1. The number of halogens is 3. The van der Waals surface area contributed by atoms with Crippen molar-refractivity contribution in [1.82, 2.24) is 0 Å². The molecule has 5 atom stereocenters. The minimum Gasteiger partial charge on any atom is -0.491 e. The van der Waals surface area contributed by atoms with Gasteiger partial charge in [-0.25, -0.2) is 0 Å². The van der Waals surface area contributed by atoms with Crippen LogP contribution < -0.4 is 4.74 Å². The van der Waals surface area contributed by atoms with Gasteiger partial charge in [0.15, 0.2) is 0 Å². The highest BCUT2D eigenvalue weighted by Gasteiger charge is 2.54. The first-order valence-corrected chi connectivity index (χ1v) is 11.3. The summed E-state index contributed by atoms with van der Waals surface area (Å²) in [6, 6.07) is 2.96. The van der Waals surface area contributed by atoms with E-state index in [4.69, 9.17) is 9.47 Å². The molecule has 3 aliphatic rings. The third-order valence-electron chi connectivity index (χ3n) is 7.63. The molecule has 3 aliphatic carbocycles. The van der Waals surface area contributed by atoms with Gasteiger partial charge in [-0.3, -0.25) is 0 Å². The standard InChI is InChI=1S/C22H29F3O3.C2H6/c1-21-8-7-14-15(17(21)5-6-20(21)26)4-3-13-11-19(28-10-9-27-2)18(12-16(13)14)22(23,24)25;1-2/h11-12,14-15,17,20,26H,3-10H2,1-2H3;1-2H3. The number of hydrogen-bond donors (Lipinski definition) is 1. The summed E-state index contributed by atoms with van der Waals surface area (Å²) in [4.78, 5) is 0. The molecule has 170 valence electrons. The molecule has 0 heterocycles. The number of aliphatic hydroxyl groups is 1. The summed E-state index contributed by atoms with van der Waals surface area (Å²) in [5.74, 6) is 0.839. The van der Waals surface area contributed by atoms with E-state index in [1.807, 2.05) is 13.8 Å². The van der Waals surface area contributed by atoms with Crippen molar-refractivity contribution in [2.45, 2.75) is 77.5 Å². The molecule has 30 heavy (non-hydrogen) atoms. The molecule has 0 bridgehead atoms. The maximum atomic E-state index is 13.7. The average molecular weight is 429 g/mol. The van der Waals surface area contributed by atoms with Crippen molar-refractivity contribution in [1.29, 1.82) is 0 Å². The van der Waals surface area contributed by atoms with Crippen LogP contribution in [0.5, 0.6) is 5.75 Å². The zero-order valence-corrected chi connectivity index (χ0v) is 18.5. The van der Waals surface area contributed by atoms with Crippen LogP contribution >= 0.6 is 0 Å². The van der Waals surface area contributed by atoms with E-state index in [2.05, 4.69) is 6.92 Å². The molecule has 4 rings (SSSR count). The van der Waals surface area contributed by atoms with E-state index in [1.165, 1.54) is 13.2 Å². The highest BCUT2D eigenvalue weighted by atomic mass is 19.4. The van der Waals surface area contributed by atoms with E-state index in [0.29, 0.717) is 11.8 Å². The van der Waals surface area contributed by atoms with Crippen LogP contribution in [0, 0.1) is 17.3 Å². The maximum absolute atomic E-state index is 13.7. The molecular formula is C24H35F3O3. The number of aryl methyl sites for hydroxylation is 1. The van der Waals surface area contributed by atoms with Crippen LogP contribution in [0.2, 0.25) is 0 Å². The normalized spacial score (nSPS) is 32.4. The number of rotatable bonds is 4. The fraction of sp³-hybridized carbons (Fsp3) is 0.750. The van der Waals surface area contributed by atoms with Crippen molar-refractivity contribution in [3.63, 3.8) is 0 Å². The van der Waals surface area contributed by atoms with Crippen LogP contribution in [-0.2, 0) is 17.3 Å². The Morgan fingerprint density at radius 2 is 1.83 bits per heavy atom. The van der Waals surface area contributed by atoms with Crippen LogP contribution in [0.25, 0.3) is 0 Å². The molecule has 0 spiro atoms. The number of benzene rings is 1. The molecule has 2 saturated carbocycles. The van der Waals surface area contributed by atoms with E-state index in [1.54, 1.807) is 6.07 Å². The molecule has 0 radical (unpaired) electrons. The summed E-state index contributed by atoms with van der Waals surface area (Å²) in [5, 5.41) is 10.5. The Hall–Kier alpha value is -1.27. The third-order valence-corrected chi connectivity index (χ3v) is 7.63. The van der Waals surface area contributed by atoms with Gasteiger partial charge in [0.25, 0.3) is 0 Å². The van der Waals surface area contributed by atoms with E-state index in [9.17, 15) is 18.3 Å². The molecule has 1 aromatic carbocycles. The molecule has 1 aromatic rings. The van der Waals surface area contributed by atoms with Crippen molar-refractivity contribution in [2.24, 2.45) is 17.3 Å². The smallest absolute Gasteiger partial charge is 0.419 e. The number of fused-ring (bicyclic) bond motifs is 5. The first kappa shape index (κ1) is 23.4. The molecule has 0 saturated heterocycles. The first-order chi connectivity index (χ1) is 14.3. The lowest BCUT2D eigenvalue weighted by atomic mass is 9.55. The largest absolute Gasteiger partial charge is 0.491 e. The quantitative estimate of drug-likeness (QED) is 0.600. The number of aliphatic hydroxyl groups excluding tert-OH is 1. The Labute approximate surface area is 178 Å². The second kappa shape index (κ2) is 9.07. The van der Waals surface area contributed by atoms with Crippen LogP contribution in [0.1, 0.15) is 75.5 Å². The van der Waals surface area contributed by atoms with Gasteiger partial charge in [-0.05, 0) is 85.0 Å². The predicted molar refractivity (Wildman–Crippen MR) is 111 cm³/mol. The summed E-state index contributed by atoms with van der Waals surface area (Å²) in [5.41, 5.74) is 1.09. The molecule has 0 amide bonds. The number of ether oxygens (including phenoxy) is 2. The second-order valence-corrected chi connectivity index (χ2v) is 8.94. The van der Waals surface area contributed by atoms with E-state index in [0.717, 1.165) is 49.7 Å². The Balaban J connectivity index is 0.00000124. The molecule has 0 aromatic heterocycles. The Morgan fingerprint density at radius 3 is 2.50 bits per heavy atom. The third kappa shape index (κ3) is 4.10. The van der Waals surface area contributed by atoms with Crippen LogP contribution in [0.4, 0.5) is 13.2 Å². The van der Waals surface area contributed by atoms with Gasteiger partial charge in [0.2, 0.25) is 0 Å². The maximum Gasteiger partial charge on any atom is 0.419 e. The van der Waals surface area contributed by atoms with Gasteiger partial charge in [0, 0.05) is 7.11 Å². The van der Waals surface area contributed by atoms with E-state index < -0.39 is 11.7 Å². The lowest BCUT2D eigenvalue weighted by Gasteiger charge is -2.50. The van der Waals surface area contributed by atoms with Crippen molar-refractivity contribution >= 4 is 0 Å². The summed E-state index contributed by atoms with van der Waals surface area (Å²) in [7, 11) is 1.50. The van der Waals surface area contributed by atoms with Crippen LogP contribution in [-0.4, -0.2) is 31.5 Å². The minimum absolute atomic E-state index is 0.0747. The van der Waals surface area contributed by atoms with Crippen LogP contribution in [0.15, 0.2) is 12.1 Å². The van der Waals surface area contributed by atoms with Gasteiger partial charge in [-0.15, -0.1) is 0 Å². The summed E-state index contributed by atoms with van der Waals surface area (Å²) < 4.78 is 51.5. The monoisotopic (exact) mass is 428 g/mol. The van der Waals surface area contributed by atoms with Gasteiger partial charge >= 0.3 is 6.18 Å². The summed E-state index contributed by atoms with van der Waals surface area (Å²) in [6.45, 7) is 6.53. The topological polar surface area (TPSA) is 38.7 Å². The van der Waals surface area contributed by atoms with Crippen molar-refractivity contribution in [3.8, 4) is 5.75 Å². The Kier molecular flexibility index (Phi) is 7.08. The average Bonchev–Trinajstić information content (AvgIpc) is 3.03. The zero-order chi connectivity index (χ0) is 22.1. The lowest BCUT2D eigenvalue weighted by Crippen LogP contribution is -2.44. The SMILES string of the molecule is CC.COCCOc1cc2c(cc1C(F)(F)F)C1CCC3(C)C(O)CCC3C1CC2. The Morgan fingerprint density at radius 1 is 1.10 bits per heavy atom. The highest BCUT2D eigenvalue weighted by molar-refractivity contribution is 5.47. The van der Waals surface area contributed by atoms with Gasteiger partial charge < -0.3 is 14.6 Å². The Bertz CT molecular complexity index is 733. The van der Waals surface area contributed by atoms with Gasteiger partial charge in [0.1, 0.15) is 12.4 Å². The van der Waals surface area contributed by atoms with E-state index >= 15 is 0 Å². The summed E-state index contributed by atoms with van der Waals surface area (Å²) in [6.07, 6.45) is 0.566. The minimum atomic E-state index is -4.45. The zero-order valence-electron chi connectivity index (χ0n) is 18.5. The lowest BCUT2D eigenvalue weighted by molar-refractivity contribution is -0.139. The van der Waals surface area contributed by atoms with Gasteiger partial charge in [-0.1, -0.05) is 20.8 Å². The van der Waals surface area contributed by atoms with Gasteiger partial charge in [-0.2, -0.15) is 13.2 Å². The van der Waals surface area contributed by atoms with Crippen LogP contribution in [0.3, 0.4) is 0 Å². The fourth-order valence-electron chi connectivity index (χ4n) is 6.15.